The number of fused-ring (bicyclic) bond motifs is 1. The van der Waals surface area contributed by atoms with Gasteiger partial charge in [0.15, 0.2) is 5.82 Å². The molecule has 0 fully saturated rings. The fourth-order valence-electron chi connectivity index (χ4n) is 2.51. The predicted octanol–water partition coefficient (Wildman–Crippen LogP) is 4.64. The second-order valence-corrected chi connectivity index (χ2v) is 5.84. The highest BCUT2D eigenvalue weighted by Gasteiger charge is 2.20. The standard InChI is InChI=1S/C18H27N5O2/c1-4-7-11-23(12-8-5-2)22-21-17-16(18(24)25-6-3)14-9-10-19-13-15(14)20-17/h9-10,13,20H,4-8,11-12H2,1-3H3/b22-21+. The first-order chi connectivity index (χ1) is 12.2. The molecule has 0 aromatic carbocycles. The van der Waals surface area contributed by atoms with Gasteiger partial charge in [0.25, 0.3) is 0 Å². The van der Waals surface area contributed by atoms with Crippen LogP contribution in [0.4, 0.5) is 5.82 Å². The molecule has 7 nitrogen and oxygen atoms in total. The highest BCUT2D eigenvalue weighted by atomic mass is 16.5. The Hall–Kier alpha value is -2.44. The van der Waals surface area contributed by atoms with Crippen LogP contribution in [-0.2, 0) is 4.74 Å². The maximum Gasteiger partial charge on any atom is 0.342 e. The molecule has 0 saturated carbocycles. The van der Waals surface area contributed by atoms with Gasteiger partial charge in [0.2, 0.25) is 0 Å². The molecule has 0 spiro atoms. The van der Waals surface area contributed by atoms with Gasteiger partial charge in [-0.15, -0.1) is 5.11 Å². The Balaban J connectivity index is 2.31. The Morgan fingerprint density at radius 1 is 1.24 bits per heavy atom. The fraction of sp³-hybridized carbons (Fsp3) is 0.556. The third-order valence-electron chi connectivity index (χ3n) is 3.87. The predicted molar refractivity (Wildman–Crippen MR) is 98.0 cm³/mol. The smallest absolute Gasteiger partial charge is 0.342 e. The van der Waals surface area contributed by atoms with E-state index in [1.54, 1.807) is 25.4 Å². The molecule has 0 unspecified atom stereocenters. The zero-order valence-corrected chi connectivity index (χ0v) is 15.3. The minimum Gasteiger partial charge on any atom is -0.462 e. The summed E-state index contributed by atoms with van der Waals surface area (Å²) in [6.07, 6.45) is 7.64. The highest BCUT2D eigenvalue weighted by molar-refractivity contribution is 6.08. The molecule has 2 aromatic heterocycles. The zero-order chi connectivity index (χ0) is 18.1. The Labute approximate surface area is 148 Å². The molecule has 7 heteroatoms. The number of ether oxygens (including phenoxy) is 1. The molecule has 2 rings (SSSR count). The van der Waals surface area contributed by atoms with Gasteiger partial charge < -0.3 is 9.72 Å². The van der Waals surface area contributed by atoms with Crippen molar-refractivity contribution in [3.8, 4) is 0 Å². The maximum atomic E-state index is 12.4. The summed E-state index contributed by atoms with van der Waals surface area (Å²) in [5, 5.41) is 11.4. The maximum absolute atomic E-state index is 12.4. The molecule has 0 aliphatic heterocycles. The lowest BCUT2D eigenvalue weighted by Gasteiger charge is -2.16. The van der Waals surface area contributed by atoms with E-state index in [0.717, 1.165) is 49.7 Å². The van der Waals surface area contributed by atoms with Gasteiger partial charge in [-0.05, 0) is 25.8 Å². The van der Waals surface area contributed by atoms with E-state index in [0.29, 0.717) is 18.0 Å². The van der Waals surface area contributed by atoms with E-state index in [1.165, 1.54) is 0 Å². The Bertz CT molecular complexity index is 703. The SMILES string of the molecule is CCCCN(CCCC)/N=N/c1[nH]c2cnccc2c1C(=O)OCC. The second kappa shape index (κ2) is 9.76. The number of unbranched alkanes of at least 4 members (excludes halogenated alkanes) is 2. The zero-order valence-electron chi connectivity index (χ0n) is 15.3. The third-order valence-corrected chi connectivity index (χ3v) is 3.87. The van der Waals surface area contributed by atoms with Crippen LogP contribution in [0.3, 0.4) is 0 Å². The number of aromatic amines is 1. The van der Waals surface area contributed by atoms with Crippen molar-refractivity contribution in [2.75, 3.05) is 19.7 Å². The Kier molecular flexibility index (Phi) is 7.37. The molecule has 0 radical (unpaired) electrons. The molecule has 2 heterocycles. The van der Waals surface area contributed by atoms with Crippen molar-refractivity contribution in [1.29, 1.82) is 0 Å². The lowest BCUT2D eigenvalue weighted by Crippen LogP contribution is -2.19. The van der Waals surface area contributed by atoms with Crippen molar-refractivity contribution in [3.05, 3.63) is 24.0 Å². The monoisotopic (exact) mass is 345 g/mol. The summed E-state index contributed by atoms with van der Waals surface area (Å²) >= 11 is 0. The van der Waals surface area contributed by atoms with Gasteiger partial charge in [0.1, 0.15) is 5.56 Å². The number of nitrogens with one attached hydrogen (secondary N) is 1. The molecule has 0 atom stereocenters. The first-order valence-electron chi connectivity index (χ1n) is 9.00. The summed E-state index contributed by atoms with van der Waals surface area (Å²) in [4.78, 5) is 19.6. The number of nitrogens with zero attached hydrogens (tertiary/aromatic N) is 4. The normalized spacial score (nSPS) is 11.3. The van der Waals surface area contributed by atoms with E-state index in [9.17, 15) is 4.79 Å². The Morgan fingerprint density at radius 2 is 1.96 bits per heavy atom. The van der Waals surface area contributed by atoms with Crippen LogP contribution in [-0.4, -0.2) is 40.6 Å². The largest absolute Gasteiger partial charge is 0.462 e. The number of hydrogen-bond donors (Lipinski definition) is 1. The van der Waals surface area contributed by atoms with E-state index in [1.807, 2.05) is 5.01 Å². The average molecular weight is 345 g/mol. The Morgan fingerprint density at radius 3 is 2.60 bits per heavy atom. The van der Waals surface area contributed by atoms with Crippen LogP contribution >= 0.6 is 0 Å². The molecule has 0 aliphatic rings. The van der Waals surface area contributed by atoms with Crippen molar-refractivity contribution in [2.24, 2.45) is 10.3 Å². The summed E-state index contributed by atoms with van der Waals surface area (Å²) in [5.74, 6) is 0.0158. The van der Waals surface area contributed by atoms with Crippen molar-refractivity contribution < 1.29 is 9.53 Å². The molecule has 0 saturated heterocycles. The summed E-state index contributed by atoms with van der Waals surface area (Å²) in [6.45, 7) is 8.11. The minimum atomic E-state index is -0.400. The summed E-state index contributed by atoms with van der Waals surface area (Å²) < 4.78 is 5.18. The summed E-state index contributed by atoms with van der Waals surface area (Å²) in [7, 11) is 0. The van der Waals surface area contributed by atoms with Crippen LogP contribution in [0.15, 0.2) is 28.8 Å². The minimum absolute atomic E-state index is 0.312. The van der Waals surface area contributed by atoms with E-state index in [4.69, 9.17) is 4.74 Å². The molecule has 0 bridgehead atoms. The van der Waals surface area contributed by atoms with Crippen LogP contribution in [0, 0.1) is 0 Å². The molecular formula is C18H27N5O2. The summed E-state index contributed by atoms with van der Waals surface area (Å²) in [6, 6.07) is 1.78. The lowest BCUT2D eigenvalue weighted by molar-refractivity contribution is 0.0529. The van der Waals surface area contributed by atoms with Crippen molar-refractivity contribution in [2.45, 2.75) is 46.5 Å². The van der Waals surface area contributed by atoms with E-state index >= 15 is 0 Å². The van der Waals surface area contributed by atoms with Crippen LogP contribution in [0.2, 0.25) is 0 Å². The molecule has 136 valence electrons. The van der Waals surface area contributed by atoms with Gasteiger partial charge in [0.05, 0.1) is 18.3 Å². The molecule has 2 aromatic rings. The quantitative estimate of drug-likeness (QED) is 0.386. The van der Waals surface area contributed by atoms with E-state index < -0.39 is 5.97 Å². The van der Waals surface area contributed by atoms with E-state index in [2.05, 4.69) is 34.2 Å². The van der Waals surface area contributed by atoms with Crippen LogP contribution in [0.1, 0.15) is 56.8 Å². The van der Waals surface area contributed by atoms with Gasteiger partial charge in [-0.25, -0.2) is 4.79 Å². The lowest BCUT2D eigenvalue weighted by atomic mass is 10.2. The molecule has 1 N–H and O–H groups in total. The number of hydrogen-bond acceptors (Lipinski definition) is 5. The number of carbonyl (C=O) groups excluding carboxylic acids is 1. The van der Waals surface area contributed by atoms with Crippen LogP contribution in [0.5, 0.6) is 0 Å². The summed E-state index contributed by atoms with van der Waals surface area (Å²) in [5.41, 5.74) is 1.15. The fourth-order valence-corrected chi connectivity index (χ4v) is 2.51. The van der Waals surface area contributed by atoms with Crippen LogP contribution in [0.25, 0.3) is 10.9 Å². The van der Waals surface area contributed by atoms with Crippen LogP contribution < -0.4 is 0 Å². The molecular weight excluding hydrogens is 318 g/mol. The molecule has 0 amide bonds. The van der Waals surface area contributed by atoms with Gasteiger partial charge in [-0.3, -0.25) is 9.99 Å². The van der Waals surface area contributed by atoms with Gasteiger partial charge in [-0.2, -0.15) is 0 Å². The van der Waals surface area contributed by atoms with Crippen molar-refractivity contribution in [1.82, 2.24) is 15.0 Å². The number of carbonyl (C=O) groups is 1. The van der Waals surface area contributed by atoms with E-state index in [-0.39, 0.29) is 0 Å². The second-order valence-electron chi connectivity index (χ2n) is 5.84. The average Bonchev–Trinajstić information content (AvgIpc) is 2.99. The first kappa shape index (κ1) is 18.9. The van der Waals surface area contributed by atoms with Gasteiger partial charge in [0, 0.05) is 24.7 Å². The highest BCUT2D eigenvalue weighted by Crippen LogP contribution is 2.29. The molecule has 0 aliphatic carbocycles. The van der Waals surface area contributed by atoms with Crippen molar-refractivity contribution in [3.63, 3.8) is 0 Å². The number of rotatable bonds is 10. The first-order valence-corrected chi connectivity index (χ1v) is 9.00. The number of aromatic nitrogens is 2. The van der Waals surface area contributed by atoms with Crippen molar-refractivity contribution >= 4 is 22.7 Å². The van der Waals surface area contributed by atoms with Gasteiger partial charge >= 0.3 is 5.97 Å². The number of H-pyrrole nitrogens is 1. The third kappa shape index (κ3) is 5.01. The van der Waals surface area contributed by atoms with Gasteiger partial charge in [-0.1, -0.05) is 31.9 Å². The number of esters is 1. The topological polar surface area (TPSA) is 82.9 Å². The molecule has 25 heavy (non-hydrogen) atoms. The number of pyridine rings is 1.